The fourth-order valence-electron chi connectivity index (χ4n) is 2.93. The molecule has 0 saturated carbocycles. The number of methoxy groups -OCH3 is 1. The van der Waals surface area contributed by atoms with Crippen LogP contribution in [-0.4, -0.2) is 23.8 Å². The van der Waals surface area contributed by atoms with Crippen molar-refractivity contribution in [2.24, 2.45) is 0 Å². The molecule has 1 N–H and O–H groups in total. The first-order valence-electron chi connectivity index (χ1n) is 7.45. The van der Waals surface area contributed by atoms with E-state index in [1.54, 1.807) is 7.11 Å². The molecule has 0 amide bonds. The smallest absolute Gasteiger partial charge is 0.223 e. The Hall–Kier alpha value is -1.88. The molecule has 1 aromatic heterocycles. The van der Waals surface area contributed by atoms with Crippen LogP contribution in [0.4, 0.5) is 0 Å². The zero-order chi connectivity index (χ0) is 14.7. The molecule has 0 aliphatic heterocycles. The van der Waals surface area contributed by atoms with Gasteiger partial charge in [-0.25, -0.2) is 0 Å². The van der Waals surface area contributed by atoms with Gasteiger partial charge in [0.05, 0.1) is 7.11 Å². The van der Waals surface area contributed by atoms with E-state index >= 15 is 0 Å². The highest BCUT2D eigenvalue weighted by atomic mass is 16.5. The lowest BCUT2D eigenvalue weighted by atomic mass is 9.87. The quantitative estimate of drug-likeness (QED) is 0.916. The Kier molecular flexibility index (Phi) is 4.20. The number of nitrogens with one attached hydrogen (secondary N) is 1. The summed E-state index contributed by atoms with van der Waals surface area (Å²) in [7, 11) is 1.72. The molecular weight excluding hydrogens is 266 g/mol. The molecule has 1 aliphatic carbocycles. The highest BCUT2D eigenvalue weighted by Gasteiger charge is 2.20. The summed E-state index contributed by atoms with van der Waals surface area (Å²) in [5.41, 5.74) is 2.79. The molecule has 112 valence electrons. The van der Waals surface area contributed by atoms with Crippen molar-refractivity contribution in [3.05, 3.63) is 41.0 Å². The minimum absolute atomic E-state index is 0.410. The molecule has 0 spiro atoms. The Morgan fingerprint density at radius 2 is 2.33 bits per heavy atom. The number of benzene rings is 1. The minimum Gasteiger partial charge on any atom is -0.497 e. The fraction of sp³-hybridized carbons (Fsp3) is 0.500. The van der Waals surface area contributed by atoms with Gasteiger partial charge in [0.25, 0.3) is 0 Å². The molecule has 1 aromatic carbocycles. The first-order chi connectivity index (χ1) is 10.3. The van der Waals surface area contributed by atoms with E-state index in [1.165, 1.54) is 24.0 Å². The summed E-state index contributed by atoms with van der Waals surface area (Å²) in [6.45, 7) is 2.67. The van der Waals surface area contributed by atoms with Crippen LogP contribution in [0.1, 0.15) is 41.7 Å². The van der Waals surface area contributed by atoms with Crippen molar-refractivity contribution < 1.29 is 9.26 Å². The van der Waals surface area contributed by atoms with Crippen molar-refractivity contribution in [3.8, 4) is 5.75 Å². The third kappa shape index (κ3) is 3.24. The van der Waals surface area contributed by atoms with E-state index in [1.807, 2.05) is 13.0 Å². The lowest BCUT2D eigenvalue weighted by Crippen LogP contribution is -2.27. The van der Waals surface area contributed by atoms with E-state index in [0.29, 0.717) is 11.9 Å². The molecule has 0 fully saturated rings. The average Bonchev–Trinajstić information content (AvgIpc) is 2.92. The number of aryl methyl sites for hydroxylation is 2. The molecule has 1 unspecified atom stereocenters. The standard InChI is InChI=1S/C16H21N3O2/c1-11-18-16(19-21-11)8-9-17-15-5-3-4-12-10-13(20-2)6-7-14(12)15/h6-7,10,15,17H,3-5,8-9H2,1-2H3. The fourth-order valence-corrected chi connectivity index (χ4v) is 2.93. The van der Waals surface area contributed by atoms with Crippen LogP contribution in [0.3, 0.4) is 0 Å². The van der Waals surface area contributed by atoms with Gasteiger partial charge in [0, 0.05) is 25.9 Å². The maximum atomic E-state index is 5.31. The van der Waals surface area contributed by atoms with E-state index < -0.39 is 0 Å². The van der Waals surface area contributed by atoms with Crippen molar-refractivity contribution in [1.29, 1.82) is 0 Å². The molecule has 21 heavy (non-hydrogen) atoms. The van der Waals surface area contributed by atoms with E-state index in [-0.39, 0.29) is 0 Å². The van der Waals surface area contributed by atoms with Gasteiger partial charge in [-0.15, -0.1) is 0 Å². The SMILES string of the molecule is COc1ccc2c(c1)CCCC2NCCc1noc(C)n1. The van der Waals surface area contributed by atoms with Gasteiger partial charge in [0.15, 0.2) is 5.82 Å². The summed E-state index contributed by atoms with van der Waals surface area (Å²) < 4.78 is 10.3. The maximum Gasteiger partial charge on any atom is 0.223 e. The second kappa shape index (κ2) is 6.26. The van der Waals surface area contributed by atoms with Crippen LogP contribution >= 0.6 is 0 Å². The summed E-state index contributed by atoms with van der Waals surface area (Å²) in [5, 5.41) is 7.53. The van der Waals surface area contributed by atoms with Gasteiger partial charge in [-0.1, -0.05) is 11.2 Å². The van der Waals surface area contributed by atoms with E-state index in [0.717, 1.165) is 31.0 Å². The summed E-state index contributed by atoms with van der Waals surface area (Å²) in [6.07, 6.45) is 4.30. The van der Waals surface area contributed by atoms with Gasteiger partial charge in [0.2, 0.25) is 5.89 Å². The third-order valence-electron chi connectivity index (χ3n) is 3.97. The monoisotopic (exact) mass is 287 g/mol. The number of rotatable bonds is 5. The zero-order valence-electron chi connectivity index (χ0n) is 12.6. The lowest BCUT2D eigenvalue weighted by molar-refractivity contribution is 0.385. The Bertz CT molecular complexity index is 609. The van der Waals surface area contributed by atoms with Crippen LogP contribution in [-0.2, 0) is 12.8 Å². The van der Waals surface area contributed by atoms with Crippen molar-refractivity contribution in [2.45, 2.75) is 38.6 Å². The van der Waals surface area contributed by atoms with E-state index in [9.17, 15) is 0 Å². The van der Waals surface area contributed by atoms with Crippen molar-refractivity contribution in [3.63, 3.8) is 0 Å². The lowest BCUT2D eigenvalue weighted by Gasteiger charge is -2.26. The molecule has 1 atom stereocenters. The Labute approximate surface area is 124 Å². The molecule has 0 bridgehead atoms. The number of hydrogen-bond donors (Lipinski definition) is 1. The van der Waals surface area contributed by atoms with Gasteiger partial charge < -0.3 is 14.6 Å². The molecule has 3 rings (SSSR count). The van der Waals surface area contributed by atoms with E-state index in [4.69, 9.17) is 9.26 Å². The third-order valence-corrected chi connectivity index (χ3v) is 3.97. The normalized spacial score (nSPS) is 17.5. The van der Waals surface area contributed by atoms with Crippen molar-refractivity contribution in [2.75, 3.05) is 13.7 Å². The number of fused-ring (bicyclic) bond motifs is 1. The first-order valence-corrected chi connectivity index (χ1v) is 7.45. The van der Waals surface area contributed by atoms with Gasteiger partial charge in [-0.05, 0) is 42.5 Å². The van der Waals surface area contributed by atoms with Gasteiger partial charge in [-0.3, -0.25) is 0 Å². The summed E-state index contributed by atoms with van der Waals surface area (Å²) >= 11 is 0. The molecule has 1 heterocycles. The molecule has 0 radical (unpaired) electrons. The zero-order valence-corrected chi connectivity index (χ0v) is 12.6. The maximum absolute atomic E-state index is 5.31. The molecule has 1 aliphatic rings. The van der Waals surface area contributed by atoms with Crippen LogP contribution in [0.15, 0.2) is 22.7 Å². The Morgan fingerprint density at radius 3 is 3.10 bits per heavy atom. The van der Waals surface area contributed by atoms with Gasteiger partial charge in [-0.2, -0.15) is 4.98 Å². The van der Waals surface area contributed by atoms with Crippen molar-refractivity contribution >= 4 is 0 Å². The summed E-state index contributed by atoms with van der Waals surface area (Å²) in [5.74, 6) is 2.34. The topological polar surface area (TPSA) is 60.2 Å². The minimum atomic E-state index is 0.410. The van der Waals surface area contributed by atoms with Gasteiger partial charge >= 0.3 is 0 Å². The molecule has 2 aromatic rings. The number of nitrogens with zero attached hydrogens (tertiary/aromatic N) is 2. The second-order valence-electron chi connectivity index (χ2n) is 5.44. The summed E-state index contributed by atoms with van der Waals surface area (Å²) in [6, 6.07) is 6.80. The Morgan fingerprint density at radius 1 is 1.43 bits per heavy atom. The van der Waals surface area contributed by atoms with Crippen LogP contribution < -0.4 is 10.1 Å². The van der Waals surface area contributed by atoms with E-state index in [2.05, 4.69) is 27.6 Å². The summed E-state index contributed by atoms with van der Waals surface area (Å²) in [4.78, 5) is 4.23. The number of ether oxygens (including phenoxy) is 1. The molecule has 0 saturated heterocycles. The predicted octanol–water partition coefficient (Wildman–Crippen LogP) is 2.60. The van der Waals surface area contributed by atoms with Crippen molar-refractivity contribution in [1.82, 2.24) is 15.5 Å². The molecule has 5 heteroatoms. The predicted molar refractivity (Wildman–Crippen MR) is 79.4 cm³/mol. The number of hydrogen-bond acceptors (Lipinski definition) is 5. The highest BCUT2D eigenvalue weighted by Crippen LogP contribution is 2.32. The van der Waals surface area contributed by atoms with Crippen LogP contribution in [0.2, 0.25) is 0 Å². The number of aromatic nitrogens is 2. The molecule has 5 nitrogen and oxygen atoms in total. The molecular formula is C16H21N3O2. The first kappa shape index (κ1) is 14.1. The average molecular weight is 287 g/mol. The van der Waals surface area contributed by atoms with Crippen LogP contribution in [0, 0.1) is 6.92 Å². The largest absolute Gasteiger partial charge is 0.497 e. The van der Waals surface area contributed by atoms with Gasteiger partial charge in [0.1, 0.15) is 5.75 Å². The Balaban J connectivity index is 1.62. The second-order valence-corrected chi connectivity index (χ2v) is 5.44. The van der Waals surface area contributed by atoms with Crippen LogP contribution in [0.25, 0.3) is 0 Å². The highest BCUT2D eigenvalue weighted by molar-refractivity contribution is 5.39. The van der Waals surface area contributed by atoms with Crippen LogP contribution in [0.5, 0.6) is 5.75 Å².